The van der Waals surface area contributed by atoms with Crippen LogP contribution < -0.4 is 5.69 Å². The zero-order valence-electron chi connectivity index (χ0n) is 11.9. The van der Waals surface area contributed by atoms with E-state index in [2.05, 4.69) is 35.7 Å². The van der Waals surface area contributed by atoms with E-state index < -0.39 is 0 Å². The monoisotopic (exact) mass is 274 g/mol. The minimum absolute atomic E-state index is 0.0503. The Morgan fingerprint density at radius 3 is 2.85 bits per heavy atom. The molecule has 6 heteroatoms. The summed E-state index contributed by atoms with van der Waals surface area (Å²) in [6, 6.07) is 1.86. The highest BCUT2D eigenvalue weighted by Gasteiger charge is 2.38. The molecule has 0 bridgehead atoms. The number of carbonyl (C=O) groups is 1. The first-order chi connectivity index (χ1) is 9.37. The molecule has 1 unspecified atom stereocenters. The summed E-state index contributed by atoms with van der Waals surface area (Å²) < 4.78 is 0. The standard InChI is InChI=1S/C14H18N4O2/c1-8-6-14(2,3)7-18(8)12(19)9-4-5-15-11-10(9)16-13(20)17-11/h4-5,8H,6-7H2,1-3H3,(H2,15,16,17,20). The van der Waals surface area contributed by atoms with E-state index in [-0.39, 0.29) is 23.1 Å². The molecule has 0 saturated carbocycles. The minimum atomic E-state index is -0.345. The van der Waals surface area contributed by atoms with Gasteiger partial charge in [-0.15, -0.1) is 0 Å². The van der Waals surface area contributed by atoms with Gasteiger partial charge in [0.05, 0.1) is 11.1 Å². The van der Waals surface area contributed by atoms with Crippen LogP contribution in [0.25, 0.3) is 11.2 Å². The lowest BCUT2D eigenvalue weighted by molar-refractivity contribution is 0.0738. The van der Waals surface area contributed by atoms with Crippen molar-refractivity contribution >= 4 is 17.1 Å². The highest BCUT2D eigenvalue weighted by atomic mass is 16.2. The van der Waals surface area contributed by atoms with Crippen molar-refractivity contribution in [1.29, 1.82) is 0 Å². The number of aromatic nitrogens is 3. The maximum atomic E-state index is 12.7. The summed E-state index contributed by atoms with van der Waals surface area (Å²) >= 11 is 0. The number of rotatable bonds is 1. The topological polar surface area (TPSA) is 81.8 Å². The van der Waals surface area contributed by atoms with E-state index in [0.717, 1.165) is 13.0 Å². The highest BCUT2D eigenvalue weighted by Crippen LogP contribution is 2.34. The molecule has 3 rings (SSSR count). The fourth-order valence-electron chi connectivity index (χ4n) is 3.13. The van der Waals surface area contributed by atoms with Gasteiger partial charge in [-0.2, -0.15) is 0 Å². The molecule has 1 saturated heterocycles. The van der Waals surface area contributed by atoms with E-state index in [1.807, 2.05) is 4.90 Å². The van der Waals surface area contributed by atoms with E-state index in [1.165, 1.54) is 0 Å². The molecule has 0 aromatic carbocycles. The van der Waals surface area contributed by atoms with Crippen molar-refractivity contribution in [2.75, 3.05) is 6.54 Å². The number of fused-ring (bicyclic) bond motifs is 1. The molecule has 0 radical (unpaired) electrons. The first kappa shape index (κ1) is 12.9. The molecule has 1 amide bonds. The van der Waals surface area contributed by atoms with Crippen molar-refractivity contribution in [3.8, 4) is 0 Å². The summed E-state index contributed by atoms with van der Waals surface area (Å²) in [7, 11) is 0. The van der Waals surface area contributed by atoms with Gasteiger partial charge < -0.3 is 9.88 Å². The summed E-state index contributed by atoms with van der Waals surface area (Å²) in [6.45, 7) is 7.12. The number of nitrogens with zero attached hydrogens (tertiary/aromatic N) is 2. The Balaban J connectivity index is 2.03. The van der Waals surface area contributed by atoms with E-state index in [1.54, 1.807) is 12.3 Å². The molecule has 0 aliphatic carbocycles. The molecular formula is C14H18N4O2. The molecule has 0 spiro atoms. The predicted molar refractivity (Wildman–Crippen MR) is 75.6 cm³/mol. The van der Waals surface area contributed by atoms with Gasteiger partial charge in [0.25, 0.3) is 5.91 Å². The molecule has 1 atom stereocenters. The molecule has 3 heterocycles. The molecular weight excluding hydrogens is 256 g/mol. The second-order valence-corrected chi connectivity index (χ2v) is 6.31. The van der Waals surface area contributed by atoms with Gasteiger partial charge >= 0.3 is 5.69 Å². The van der Waals surface area contributed by atoms with Crippen molar-refractivity contribution in [2.24, 2.45) is 5.41 Å². The Kier molecular flexibility index (Phi) is 2.70. The number of carbonyl (C=O) groups excluding carboxylic acids is 1. The number of likely N-dealkylation sites (tertiary alicyclic amines) is 1. The predicted octanol–water partition coefficient (Wildman–Crippen LogP) is 1.51. The van der Waals surface area contributed by atoms with E-state index in [9.17, 15) is 9.59 Å². The van der Waals surface area contributed by atoms with Crippen LogP contribution in [0.5, 0.6) is 0 Å². The third-order valence-electron chi connectivity index (χ3n) is 3.89. The lowest BCUT2D eigenvalue weighted by Gasteiger charge is -2.22. The van der Waals surface area contributed by atoms with Crippen molar-refractivity contribution in [2.45, 2.75) is 33.2 Å². The van der Waals surface area contributed by atoms with Gasteiger partial charge in [0.2, 0.25) is 0 Å². The van der Waals surface area contributed by atoms with E-state index >= 15 is 0 Å². The van der Waals surface area contributed by atoms with Crippen molar-refractivity contribution in [3.05, 3.63) is 28.3 Å². The van der Waals surface area contributed by atoms with Crippen molar-refractivity contribution in [1.82, 2.24) is 19.9 Å². The quantitative estimate of drug-likeness (QED) is 0.827. The van der Waals surface area contributed by atoms with Gasteiger partial charge in [-0.1, -0.05) is 13.8 Å². The van der Waals surface area contributed by atoms with Crippen LogP contribution in [-0.4, -0.2) is 38.3 Å². The fourth-order valence-corrected chi connectivity index (χ4v) is 3.13. The SMILES string of the molecule is CC1CC(C)(C)CN1C(=O)c1ccnc2[nH]c(=O)[nH]c12. The number of pyridine rings is 1. The Hall–Kier alpha value is -2.11. The molecule has 1 aliphatic rings. The van der Waals surface area contributed by atoms with Crippen molar-refractivity contribution < 1.29 is 4.79 Å². The zero-order chi connectivity index (χ0) is 14.5. The van der Waals surface area contributed by atoms with Gasteiger partial charge in [-0.3, -0.25) is 9.78 Å². The first-order valence-electron chi connectivity index (χ1n) is 6.75. The molecule has 1 aliphatic heterocycles. The summed E-state index contributed by atoms with van der Waals surface area (Å²) in [5, 5.41) is 0. The molecule has 2 aromatic rings. The number of imidazole rings is 1. The van der Waals surface area contributed by atoms with Crippen molar-refractivity contribution in [3.63, 3.8) is 0 Å². The summed E-state index contributed by atoms with van der Waals surface area (Å²) in [4.78, 5) is 35.3. The summed E-state index contributed by atoms with van der Waals surface area (Å²) in [5.41, 5.74) is 1.19. The average Bonchev–Trinajstić information content (AvgIpc) is 2.86. The van der Waals surface area contributed by atoms with Gasteiger partial charge in [-0.05, 0) is 24.8 Å². The summed E-state index contributed by atoms with van der Waals surface area (Å²) in [6.07, 6.45) is 2.53. The normalized spacial score (nSPS) is 21.6. The molecule has 20 heavy (non-hydrogen) atoms. The lowest BCUT2D eigenvalue weighted by atomic mass is 9.91. The Morgan fingerprint density at radius 2 is 2.20 bits per heavy atom. The Labute approximate surface area is 116 Å². The maximum Gasteiger partial charge on any atom is 0.325 e. The molecule has 2 aromatic heterocycles. The van der Waals surface area contributed by atoms with Crippen LogP contribution >= 0.6 is 0 Å². The van der Waals surface area contributed by atoms with Gasteiger partial charge in [0.15, 0.2) is 5.65 Å². The smallest absolute Gasteiger partial charge is 0.325 e. The third-order valence-corrected chi connectivity index (χ3v) is 3.89. The second kappa shape index (κ2) is 4.19. The van der Waals surface area contributed by atoms with Crippen LogP contribution in [0.1, 0.15) is 37.6 Å². The van der Waals surface area contributed by atoms with Crippen LogP contribution in [0.2, 0.25) is 0 Å². The molecule has 106 valence electrons. The van der Waals surface area contributed by atoms with Crippen LogP contribution in [0.15, 0.2) is 17.1 Å². The number of aromatic amines is 2. The lowest BCUT2D eigenvalue weighted by Crippen LogP contribution is -2.34. The highest BCUT2D eigenvalue weighted by molar-refractivity contribution is 6.04. The van der Waals surface area contributed by atoms with Crippen LogP contribution in [0.3, 0.4) is 0 Å². The maximum absolute atomic E-state index is 12.7. The average molecular weight is 274 g/mol. The zero-order valence-corrected chi connectivity index (χ0v) is 11.9. The van der Waals surface area contributed by atoms with Crippen LogP contribution in [-0.2, 0) is 0 Å². The Morgan fingerprint density at radius 1 is 1.45 bits per heavy atom. The number of amides is 1. The van der Waals surface area contributed by atoms with Crippen LogP contribution in [0.4, 0.5) is 0 Å². The molecule has 1 fully saturated rings. The molecule has 2 N–H and O–H groups in total. The van der Waals surface area contributed by atoms with E-state index in [4.69, 9.17) is 0 Å². The third kappa shape index (κ3) is 2.01. The number of nitrogens with one attached hydrogen (secondary N) is 2. The largest absolute Gasteiger partial charge is 0.335 e. The number of hydrogen-bond acceptors (Lipinski definition) is 3. The number of hydrogen-bond donors (Lipinski definition) is 2. The second-order valence-electron chi connectivity index (χ2n) is 6.31. The molecule has 6 nitrogen and oxygen atoms in total. The van der Waals surface area contributed by atoms with E-state index in [0.29, 0.717) is 16.7 Å². The minimum Gasteiger partial charge on any atom is -0.335 e. The fraction of sp³-hybridized carbons (Fsp3) is 0.500. The van der Waals surface area contributed by atoms with Gasteiger partial charge in [0.1, 0.15) is 0 Å². The summed E-state index contributed by atoms with van der Waals surface area (Å²) in [5.74, 6) is -0.0503. The number of H-pyrrole nitrogens is 2. The van der Waals surface area contributed by atoms with Crippen LogP contribution in [0, 0.1) is 5.41 Å². The first-order valence-corrected chi connectivity index (χ1v) is 6.75. The van der Waals surface area contributed by atoms with Gasteiger partial charge in [-0.25, -0.2) is 9.78 Å². The Bertz CT molecular complexity index is 728. The van der Waals surface area contributed by atoms with Gasteiger partial charge in [0, 0.05) is 18.8 Å².